The molecule has 0 spiro atoms. The van der Waals surface area contributed by atoms with Crippen molar-refractivity contribution in [2.45, 2.75) is 32.5 Å². The number of hydrogen-bond acceptors (Lipinski definition) is 2. The standard InChI is InChI=1S/C12H17NO.ClH/c1-9-5-4-6-11(7-9)12(3)13-10(2)8-14-12;/h4-7,10,13H,8H2,1-3H3;1H. The minimum Gasteiger partial charge on any atom is -0.355 e. The monoisotopic (exact) mass is 227 g/mol. The molecule has 3 heteroatoms. The molecular weight excluding hydrogens is 210 g/mol. The van der Waals surface area contributed by atoms with Gasteiger partial charge in [-0.25, -0.2) is 0 Å². The summed E-state index contributed by atoms with van der Waals surface area (Å²) in [5.41, 5.74) is 2.18. The van der Waals surface area contributed by atoms with Gasteiger partial charge in [-0.3, -0.25) is 5.32 Å². The van der Waals surface area contributed by atoms with Crippen molar-refractivity contribution in [1.82, 2.24) is 5.32 Å². The zero-order valence-electron chi connectivity index (χ0n) is 9.41. The Labute approximate surface area is 97.4 Å². The van der Waals surface area contributed by atoms with Crippen molar-refractivity contribution in [3.05, 3.63) is 35.4 Å². The van der Waals surface area contributed by atoms with E-state index in [-0.39, 0.29) is 18.1 Å². The zero-order chi connectivity index (χ0) is 10.2. The Kier molecular flexibility index (Phi) is 3.77. The van der Waals surface area contributed by atoms with Gasteiger partial charge in [-0.2, -0.15) is 0 Å². The summed E-state index contributed by atoms with van der Waals surface area (Å²) in [6, 6.07) is 8.89. The SMILES string of the molecule is Cc1cccc(C2(C)NC(C)CO2)c1.Cl. The van der Waals surface area contributed by atoms with E-state index in [0.717, 1.165) is 6.61 Å². The number of hydrogen-bond donors (Lipinski definition) is 1. The molecular formula is C12H18ClNO. The molecule has 0 bridgehead atoms. The predicted octanol–water partition coefficient (Wildman–Crippen LogP) is 2.60. The van der Waals surface area contributed by atoms with Gasteiger partial charge in [-0.1, -0.05) is 29.8 Å². The molecule has 1 fully saturated rings. The van der Waals surface area contributed by atoms with Crippen molar-refractivity contribution >= 4 is 12.4 Å². The van der Waals surface area contributed by atoms with Gasteiger partial charge in [0, 0.05) is 6.04 Å². The quantitative estimate of drug-likeness (QED) is 0.797. The Bertz CT molecular complexity index is 342. The minimum atomic E-state index is -0.300. The van der Waals surface area contributed by atoms with Crippen LogP contribution >= 0.6 is 12.4 Å². The van der Waals surface area contributed by atoms with Crippen LogP contribution in [0.25, 0.3) is 0 Å². The molecule has 2 rings (SSSR count). The number of ether oxygens (including phenoxy) is 1. The van der Waals surface area contributed by atoms with Gasteiger partial charge >= 0.3 is 0 Å². The van der Waals surface area contributed by atoms with Crippen LogP contribution in [0.15, 0.2) is 24.3 Å². The van der Waals surface area contributed by atoms with Crippen molar-refractivity contribution in [3.63, 3.8) is 0 Å². The van der Waals surface area contributed by atoms with Crippen LogP contribution in [0.5, 0.6) is 0 Å². The molecule has 1 N–H and O–H groups in total. The van der Waals surface area contributed by atoms with Gasteiger partial charge in [-0.15, -0.1) is 12.4 Å². The normalized spacial score (nSPS) is 29.9. The Balaban J connectivity index is 0.00000112. The van der Waals surface area contributed by atoms with Crippen LogP contribution in [0, 0.1) is 6.92 Å². The molecule has 15 heavy (non-hydrogen) atoms. The fraction of sp³-hybridized carbons (Fsp3) is 0.500. The Morgan fingerprint density at radius 1 is 1.47 bits per heavy atom. The lowest BCUT2D eigenvalue weighted by Crippen LogP contribution is -2.37. The first kappa shape index (κ1) is 12.5. The number of nitrogens with one attached hydrogen (secondary N) is 1. The highest BCUT2D eigenvalue weighted by Gasteiger charge is 2.34. The molecule has 84 valence electrons. The zero-order valence-corrected chi connectivity index (χ0v) is 10.2. The first-order chi connectivity index (χ1) is 6.60. The van der Waals surface area contributed by atoms with Gasteiger partial charge in [0.1, 0.15) is 5.72 Å². The van der Waals surface area contributed by atoms with Crippen LogP contribution in [0.3, 0.4) is 0 Å². The maximum Gasteiger partial charge on any atom is 0.142 e. The number of aryl methyl sites for hydroxylation is 1. The molecule has 0 radical (unpaired) electrons. The second-order valence-electron chi connectivity index (χ2n) is 4.26. The molecule has 2 unspecified atom stereocenters. The van der Waals surface area contributed by atoms with E-state index < -0.39 is 0 Å². The molecule has 0 aliphatic carbocycles. The van der Waals surface area contributed by atoms with E-state index in [2.05, 4.69) is 50.4 Å². The van der Waals surface area contributed by atoms with Crippen molar-refractivity contribution < 1.29 is 4.74 Å². The van der Waals surface area contributed by atoms with Gasteiger partial charge in [0.15, 0.2) is 0 Å². The summed E-state index contributed by atoms with van der Waals surface area (Å²) in [6.45, 7) is 7.11. The second-order valence-corrected chi connectivity index (χ2v) is 4.26. The molecule has 1 aliphatic heterocycles. The Hall–Kier alpha value is -0.570. The van der Waals surface area contributed by atoms with Crippen LogP contribution in [-0.2, 0) is 10.5 Å². The van der Waals surface area contributed by atoms with Crippen molar-refractivity contribution in [1.29, 1.82) is 0 Å². The molecule has 1 aliphatic rings. The molecule has 0 amide bonds. The molecule has 1 heterocycles. The van der Waals surface area contributed by atoms with Gasteiger partial charge in [-0.05, 0) is 26.3 Å². The van der Waals surface area contributed by atoms with Crippen LogP contribution < -0.4 is 5.32 Å². The van der Waals surface area contributed by atoms with Crippen LogP contribution in [0.2, 0.25) is 0 Å². The first-order valence-electron chi connectivity index (χ1n) is 5.09. The van der Waals surface area contributed by atoms with E-state index in [1.165, 1.54) is 11.1 Å². The van der Waals surface area contributed by atoms with Gasteiger partial charge in [0.25, 0.3) is 0 Å². The first-order valence-corrected chi connectivity index (χ1v) is 5.09. The maximum atomic E-state index is 5.78. The maximum absolute atomic E-state index is 5.78. The summed E-state index contributed by atoms with van der Waals surface area (Å²) in [4.78, 5) is 0. The smallest absolute Gasteiger partial charge is 0.142 e. The average Bonchev–Trinajstić information content (AvgIpc) is 2.48. The third-order valence-corrected chi connectivity index (χ3v) is 2.71. The summed E-state index contributed by atoms with van der Waals surface area (Å²) >= 11 is 0. The number of halogens is 1. The lowest BCUT2D eigenvalue weighted by molar-refractivity contribution is 0.00233. The van der Waals surface area contributed by atoms with E-state index in [1.54, 1.807) is 0 Å². The lowest BCUT2D eigenvalue weighted by Gasteiger charge is -2.25. The minimum absolute atomic E-state index is 0. The lowest BCUT2D eigenvalue weighted by atomic mass is 10.0. The summed E-state index contributed by atoms with van der Waals surface area (Å²) in [5.74, 6) is 0. The highest BCUT2D eigenvalue weighted by atomic mass is 35.5. The Morgan fingerprint density at radius 2 is 2.20 bits per heavy atom. The molecule has 1 aromatic carbocycles. The molecule has 0 saturated carbocycles. The highest BCUT2D eigenvalue weighted by molar-refractivity contribution is 5.85. The Morgan fingerprint density at radius 3 is 2.73 bits per heavy atom. The van der Waals surface area contributed by atoms with Crippen molar-refractivity contribution in [3.8, 4) is 0 Å². The second kappa shape index (κ2) is 4.52. The topological polar surface area (TPSA) is 21.3 Å². The van der Waals surface area contributed by atoms with E-state index in [9.17, 15) is 0 Å². The largest absolute Gasteiger partial charge is 0.355 e. The van der Waals surface area contributed by atoms with Crippen LogP contribution in [-0.4, -0.2) is 12.6 Å². The molecule has 1 saturated heterocycles. The van der Waals surface area contributed by atoms with Crippen molar-refractivity contribution in [2.75, 3.05) is 6.61 Å². The predicted molar refractivity (Wildman–Crippen MR) is 64.3 cm³/mol. The van der Waals surface area contributed by atoms with E-state index in [0.29, 0.717) is 6.04 Å². The van der Waals surface area contributed by atoms with Crippen LogP contribution in [0.1, 0.15) is 25.0 Å². The fourth-order valence-corrected chi connectivity index (χ4v) is 1.95. The third-order valence-electron chi connectivity index (χ3n) is 2.71. The van der Waals surface area contributed by atoms with Crippen LogP contribution in [0.4, 0.5) is 0 Å². The van der Waals surface area contributed by atoms with E-state index >= 15 is 0 Å². The summed E-state index contributed by atoms with van der Waals surface area (Å²) in [5, 5.41) is 3.45. The van der Waals surface area contributed by atoms with Crippen molar-refractivity contribution in [2.24, 2.45) is 0 Å². The number of rotatable bonds is 1. The molecule has 2 atom stereocenters. The fourth-order valence-electron chi connectivity index (χ4n) is 1.95. The molecule has 1 aromatic rings. The van der Waals surface area contributed by atoms with Gasteiger partial charge in [0.2, 0.25) is 0 Å². The average molecular weight is 228 g/mol. The summed E-state index contributed by atoms with van der Waals surface area (Å²) in [7, 11) is 0. The highest BCUT2D eigenvalue weighted by Crippen LogP contribution is 2.27. The van der Waals surface area contributed by atoms with E-state index in [1.807, 2.05) is 0 Å². The van der Waals surface area contributed by atoms with Gasteiger partial charge < -0.3 is 4.74 Å². The summed E-state index contributed by atoms with van der Waals surface area (Å²) < 4.78 is 5.78. The van der Waals surface area contributed by atoms with E-state index in [4.69, 9.17) is 4.74 Å². The summed E-state index contributed by atoms with van der Waals surface area (Å²) in [6.07, 6.45) is 0. The molecule has 0 aromatic heterocycles. The third kappa shape index (κ3) is 2.51. The molecule has 2 nitrogen and oxygen atoms in total. The van der Waals surface area contributed by atoms with Gasteiger partial charge in [0.05, 0.1) is 6.61 Å². The number of benzene rings is 1.